The molecule has 0 unspecified atom stereocenters. The second-order valence-electron chi connectivity index (χ2n) is 5.66. The van der Waals surface area contributed by atoms with Crippen LogP contribution < -0.4 is 0 Å². The average Bonchev–Trinajstić information content (AvgIpc) is 2.46. The number of carboxylic acids is 1. The van der Waals surface area contributed by atoms with Gasteiger partial charge in [0.25, 0.3) is 10.1 Å². The molecule has 0 radical (unpaired) electrons. The zero-order valence-electron chi connectivity index (χ0n) is 12.6. The largest absolute Gasteiger partial charge is 0.480 e. The fourth-order valence-corrected chi connectivity index (χ4v) is 3.44. The van der Waals surface area contributed by atoms with E-state index < -0.39 is 16.1 Å². The molecule has 122 valence electrons. The van der Waals surface area contributed by atoms with Crippen molar-refractivity contribution in [2.24, 2.45) is 5.92 Å². The van der Waals surface area contributed by atoms with Gasteiger partial charge in [-0.1, -0.05) is 17.7 Å². The van der Waals surface area contributed by atoms with Crippen molar-refractivity contribution in [3.05, 3.63) is 29.8 Å². The Morgan fingerprint density at radius 1 is 1.27 bits per heavy atom. The predicted molar refractivity (Wildman–Crippen MR) is 81.1 cm³/mol. The van der Waals surface area contributed by atoms with Crippen LogP contribution in [0.3, 0.4) is 0 Å². The molecule has 0 bridgehead atoms. The highest BCUT2D eigenvalue weighted by molar-refractivity contribution is 7.86. The molecule has 6 nitrogen and oxygen atoms in total. The number of piperidine rings is 1. The number of aryl methyl sites for hydroxylation is 1. The Hall–Kier alpha value is -1.44. The Morgan fingerprint density at radius 2 is 1.86 bits per heavy atom. The number of likely N-dealkylation sites (tertiary alicyclic amines) is 1. The normalized spacial score (nSPS) is 17.5. The van der Waals surface area contributed by atoms with Gasteiger partial charge in [-0.2, -0.15) is 8.42 Å². The lowest BCUT2D eigenvalue weighted by Crippen LogP contribution is -2.38. The summed E-state index contributed by atoms with van der Waals surface area (Å²) in [5.74, 6) is -0.693. The highest BCUT2D eigenvalue weighted by atomic mass is 32.2. The Labute approximate surface area is 130 Å². The highest BCUT2D eigenvalue weighted by Crippen LogP contribution is 2.20. The lowest BCUT2D eigenvalue weighted by atomic mass is 9.98. The molecule has 1 fully saturated rings. The second kappa shape index (κ2) is 7.21. The van der Waals surface area contributed by atoms with E-state index in [1.807, 2.05) is 11.8 Å². The molecule has 1 aliphatic heterocycles. The van der Waals surface area contributed by atoms with Gasteiger partial charge in [-0.3, -0.25) is 13.9 Å². The first kappa shape index (κ1) is 16.9. The lowest BCUT2D eigenvalue weighted by Gasteiger charge is -2.30. The minimum Gasteiger partial charge on any atom is -0.480 e. The number of rotatable bonds is 6. The van der Waals surface area contributed by atoms with Crippen molar-refractivity contribution in [1.29, 1.82) is 0 Å². The molecule has 1 saturated heterocycles. The number of hydrogen-bond acceptors (Lipinski definition) is 5. The van der Waals surface area contributed by atoms with E-state index in [1.165, 1.54) is 0 Å². The number of hydrogen-bond donors (Lipinski definition) is 1. The van der Waals surface area contributed by atoms with Crippen LogP contribution in [0, 0.1) is 12.8 Å². The molecule has 7 heteroatoms. The molecule has 1 aliphatic rings. The van der Waals surface area contributed by atoms with Crippen LogP contribution >= 0.6 is 0 Å². The van der Waals surface area contributed by atoms with E-state index in [0.717, 1.165) is 18.4 Å². The summed E-state index contributed by atoms with van der Waals surface area (Å²) in [4.78, 5) is 12.7. The van der Waals surface area contributed by atoms with Gasteiger partial charge in [-0.05, 0) is 50.9 Å². The highest BCUT2D eigenvalue weighted by Gasteiger charge is 2.23. The van der Waals surface area contributed by atoms with E-state index in [9.17, 15) is 13.2 Å². The summed E-state index contributed by atoms with van der Waals surface area (Å²) in [6, 6.07) is 6.56. The van der Waals surface area contributed by atoms with Gasteiger partial charge in [0, 0.05) is 0 Å². The predicted octanol–water partition coefficient (Wildman–Crippen LogP) is 1.50. The van der Waals surface area contributed by atoms with Crippen molar-refractivity contribution in [3.8, 4) is 0 Å². The van der Waals surface area contributed by atoms with Crippen LogP contribution in [0.1, 0.15) is 18.4 Å². The van der Waals surface area contributed by atoms with Gasteiger partial charge in [-0.25, -0.2) is 0 Å². The number of aliphatic carboxylic acids is 1. The molecule has 1 aromatic rings. The van der Waals surface area contributed by atoms with Crippen molar-refractivity contribution in [2.45, 2.75) is 24.7 Å². The van der Waals surface area contributed by atoms with Gasteiger partial charge in [0.15, 0.2) is 0 Å². The van der Waals surface area contributed by atoms with E-state index in [2.05, 4.69) is 0 Å². The fourth-order valence-electron chi connectivity index (χ4n) is 2.46. The molecule has 1 heterocycles. The number of carbonyl (C=O) groups is 1. The standard InChI is InChI=1S/C15H21NO5S/c1-12-2-4-14(5-3-12)22(19,20)21-11-13-6-8-16(9-7-13)10-15(17)18/h2-5,13H,6-11H2,1H3,(H,17,18). The SMILES string of the molecule is Cc1ccc(S(=O)(=O)OCC2CCN(CC(=O)O)CC2)cc1. The molecule has 0 atom stereocenters. The Balaban J connectivity index is 1.83. The van der Waals surface area contributed by atoms with E-state index in [4.69, 9.17) is 9.29 Å². The monoisotopic (exact) mass is 327 g/mol. The van der Waals surface area contributed by atoms with E-state index in [-0.39, 0.29) is 24.0 Å². The van der Waals surface area contributed by atoms with Gasteiger partial charge < -0.3 is 5.11 Å². The van der Waals surface area contributed by atoms with Crippen LogP contribution in [0.5, 0.6) is 0 Å². The first-order valence-corrected chi connectivity index (χ1v) is 8.68. The molecule has 0 saturated carbocycles. The van der Waals surface area contributed by atoms with Crippen LogP contribution in [-0.2, 0) is 19.1 Å². The molecule has 0 spiro atoms. The quantitative estimate of drug-likeness (QED) is 0.797. The number of carboxylic acid groups (broad SMARTS) is 1. The number of nitrogens with zero attached hydrogens (tertiary/aromatic N) is 1. The molecule has 0 aromatic heterocycles. The van der Waals surface area contributed by atoms with Crippen LogP contribution in [0.2, 0.25) is 0 Å². The average molecular weight is 327 g/mol. The van der Waals surface area contributed by atoms with E-state index in [0.29, 0.717) is 13.1 Å². The summed E-state index contributed by atoms with van der Waals surface area (Å²) in [5.41, 5.74) is 0.991. The van der Waals surface area contributed by atoms with Gasteiger partial charge >= 0.3 is 5.97 Å². The summed E-state index contributed by atoms with van der Waals surface area (Å²) >= 11 is 0. The van der Waals surface area contributed by atoms with Crippen LogP contribution in [0.25, 0.3) is 0 Å². The maximum Gasteiger partial charge on any atom is 0.317 e. The Morgan fingerprint density at radius 3 is 2.41 bits per heavy atom. The summed E-state index contributed by atoms with van der Waals surface area (Å²) in [5, 5.41) is 8.74. The van der Waals surface area contributed by atoms with Crippen molar-refractivity contribution in [2.75, 3.05) is 26.2 Å². The van der Waals surface area contributed by atoms with Gasteiger partial charge in [-0.15, -0.1) is 0 Å². The summed E-state index contributed by atoms with van der Waals surface area (Å²) in [6.07, 6.45) is 1.49. The maximum absolute atomic E-state index is 12.1. The van der Waals surface area contributed by atoms with Crippen LogP contribution in [0.4, 0.5) is 0 Å². The van der Waals surface area contributed by atoms with Crippen molar-refractivity contribution in [1.82, 2.24) is 4.90 Å². The van der Waals surface area contributed by atoms with Gasteiger partial charge in [0.05, 0.1) is 18.0 Å². The zero-order chi connectivity index (χ0) is 16.2. The summed E-state index contributed by atoms with van der Waals surface area (Å²) in [7, 11) is -3.72. The molecule has 1 N–H and O–H groups in total. The molecule has 0 aliphatic carbocycles. The van der Waals surface area contributed by atoms with Crippen LogP contribution in [-0.4, -0.2) is 50.6 Å². The molecule has 0 amide bonds. The number of benzene rings is 1. The lowest BCUT2D eigenvalue weighted by molar-refractivity contribution is -0.138. The smallest absolute Gasteiger partial charge is 0.317 e. The molecular weight excluding hydrogens is 306 g/mol. The first-order valence-electron chi connectivity index (χ1n) is 7.27. The minimum atomic E-state index is -3.72. The van der Waals surface area contributed by atoms with E-state index >= 15 is 0 Å². The summed E-state index contributed by atoms with van der Waals surface area (Å²) < 4.78 is 29.3. The minimum absolute atomic E-state index is 0.0369. The molecule has 22 heavy (non-hydrogen) atoms. The van der Waals surface area contributed by atoms with Gasteiger partial charge in [0.2, 0.25) is 0 Å². The molecule has 2 rings (SSSR count). The van der Waals surface area contributed by atoms with Crippen LogP contribution in [0.15, 0.2) is 29.2 Å². The zero-order valence-corrected chi connectivity index (χ0v) is 13.4. The summed E-state index contributed by atoms with van der Waals surface area (Å²) in [6.45, 7) is 3.39. The fraction of sp³-hybridized carbons (Fsp3) is 0.533. The van der Waals surface area contributed by atoms with Gasteiger partial charge in [0.1, 0.15) is 0 Å². The van der Waals surface area contributed by atoms with Crippen molar-refractivity contribution in [3.63, 3.8) is 0 Å². The molecular formula is C15H21NO5S. The Kier molecular flexibility index (Phi) is 5.55. The van der Waals surface area contributed by atoms with Crippen molar-refractivity contribution < 1.29 is 22.5 Å². The van der Waals surface area contributed by atoms with Crippen molar-refractivity contribution >= 4 is 16.1 Å². The second-order valence-corrected chi connectivity index (χ2v) is 7.28. The van der Waals surface area contributed by atoms with E-state index in [1.54, 1.807) is 24.3 Å². The third kappa shape index (κ3) is 4.79. The first-order chi connectivity index (χ1) is 10.4. The third-order valence-corrected chi connectivity index (χ3v) is 5.13. The third-order valence-electron chi connectivity index (χ3n) is 3.83. The topological polar surface area (TPSA) is 83.9 Å². The molecule has 1 aromatic carbocycles. The Bertz CT molecular complexity index is 603. The maximum atomic E-state index is 12.1.